The van der Waals surface area contributed by atoms with Gasteiger partial charge < -0.3 is 10.5 Å². The van der Waals surface area contributed by atoms with E-state index in [-0.39, 0.29) is 5.92 Å². The normalized spacial score (nSPS) is 12.9. The molecule has 0 aliphatic rings. The summed E-state index contributed by atoms with van der Waals surface area (Å²) in [4.78, 5) is 4.59. The summed E-state index contributed by atoms with van der Waals surface area (Å²) >= 11 is 0. The van der Waals surface area contributed by atoms with Crippen molar-refractivity contribution >= 4 is 5.82 Å². The van der Waals surface area contributed by atoms with E-state index in [9.17, 15) is 0 Å². The molecule has 1 aromatic heterocycles. The zero-order valence-electron chi connectivity index (χ0n) is 16.6. The molecule has 27 heavy (non-hydrogen) atoms. The highest BCUT2D eigenvalue weighted by Gasteiger charge is 2.17. The first kappa shape index (κ1) is 20.5. The van der Waals surface area contributed by atoms with E-state index in [4.69, 9.17) is 10.5 Å². The Bertz CT molecular complexity index is 803. The van der Waals surface area contributed by atoms with E-state index in [1.807, 2.05) is 37.3 Å². The summed E-state index contributed by atoms with van der Waals surface area (Å²) in [5.74, 6) is 1.49. The van der Waals surface area contributed by atoms with Gasteiger partial charge in [0.15, 0.2) is 0 Å². The number of methoxy groups -OCH3 is 1. The fourth-order valence-electron chi connectivity index (χ4n) is 3.17. The zero-order valence-corrected chi connectivity index (χ0v) is 16.6. The maximum Gasteiger partial charge on any atom is 0.123 e. The molecule has 0 aliphatic heterocycles. The average Bonchev–Trinajstić information content (AvgIpc) is 2.66. The highest BCUT2D eigenvalue weighted by atomic mass is 16.5. The van der Waals surface area contributed by atoms with Crippen molar-refractivity contribution in [1.29, 1.82) is 0 Å². The molecule has 1 unspecified atom stereocenters. The molecule has 0 saturated heterocycles. The van der Waals surface area contributed by atoms with E-state index in [1.54, 1.807) is 7.11 Å². The van der Waals surface area contributed by atoms with Crippen LogP contribution in [0.15, 0.2) is 78.4 Å². The number of rotatable bonds is 9. The maximum atomic E-state index is 5.96. The largest absolute Gasteiger partial charge is 0.497 e. The molecule has 0 spiro atoms. The standard InChI is InChI=1S/C24H30N2O/c1-5-8-18(3)16-19(9-6-2)17-22(23-10-7-11-24(25)26-23)20-12-14-21(27-4)15-13-20/h6-7,9-16,22H,3,5,8,17H2,1-2,4H3,(H2,25,26)/b9-6-,19-16+. The number of nitrogens with zero attached hydrogens (tertiary/aromatic N) is 1. The first-order valence-corrected chi connectivity index (χ1v) is 9.44. The highest BCUT2D eigenvalue weighted by Crippen LogP contribution is 2.32. The zero-order chi connectivity index (χ0) is 19.6. The number of ether oxygens (including phenoxy) is 1. The van der Waals surface area contributed by atoms with Gasteiger partial charge in [-0.2, -0.15) is 0 Å². The lowest BCUT2D eigenvalue weighted by molar-refractivity contribution is 0.414. The molecular weight excluding hydrogens is 332 g/mol. The van der Waals surface area contributed by atoms with Gasteiger partial charge in [-0.05, 0) is 55.2 Å². The summed E-state index contributed by atoms with van der Waals surface area (Å²) in [6, 6.07) is 14.0. The minimum atomic E-state index is 0.108. The van der Waals surface area contributed by atoms with Gasteiger partial charge in [0.05, 0.1) is 12.8 Å². The van der Waals surface area contributed by atoms with Crippen LogP contribution in [0.2, 0.25) is 0 Å². The molecule has 1 atom stereocenters. The van der Waals surface area contributed by atoms with Crippen molar-refractivity contribution in [2.45, 2.75) is 39.0 Å². The SMILES string of the molecule is C=C(/C=C(\C=C/C)CC(c1ccc(OC)cc1)c1cccc(N)n1)CCC. The summed E-state index contributed by atoms with van der Waals surface area (Å²) in [7, 11) is 1.68. The summed E-state index contributed by atoms with van der Waals surface area (Å²) in [6.07, 6.45) is 9.36. The second-order valence-electron chi connectivity index (χ2n) is 6.64. The van der Waals surface area contributed by atoms with E-state index < -0.39 is 0 Å². The van der Waals surface area contributed by atoms with Gasteiger partial charge >= 0.3 is 0 Å². The molecular formula is C24H30N2O. The fourth-order valence-corrected chi connectivity index (χ4v) is 3.17. The van der Waals surface area contributed by atoms with Crippen LogP contribution in [-0.4, -0.2) is 12.1 Å². The molecule has 0 saturated carbocycles. The Kier molecular flexibility index (Phi) is 7.87. The molecule has 3 heteroatoms. The van der Waals surface area contributed by atoms with Crippen LogP contribution in [0.1, 0.15) is 50.3 Å². The van der Waals surface area contributed by atoms with Crippen LogP contribution in [0.4, 0.5) is 5.82 Å². The molecule has 0 bridgehead atoms. The highest BCUT2D eigenvalue weighted by molar-refractivity contribution is 5.40. The van der Waals surface area contributed by atoms with Crippen molar-refractivity contribution in [2.24, 2.45) is 0 Å². The predicted octanol–water partition coefficient (Wildman–Crippen LogP) is 6.05. The number of aromatic nitrogens is 1. The van der Waals surface area contributed by atoms with Crippen molar-refractivity contribution in [1.82, 2.24) is 4.98 Å². The fraction of sp³-hybridized carbons (Fsp3) is 0.292. The van der Waals surface area contributed by atoms with Crippen LogP contribution in [0.25, 0.3) is 0 Å². The van der Waals surface area contributed by atoms with Crippen LogP contribution in [0.3, 0.4) is 0 Å². The Morgan fingerprint density at radius 3 is 2.56 bits per heavy atom. The molecule has 2 N–H and O–H groups in total. The number of nitrogen functional groups attached to an aromatic ring is 1. The number of benzene rings is 1. The number of hydrogen-bond acceptors (Lipinski definition) is 3. The van der Waals surface area contributed by atoms with Gasteiger partial charge in [-0.3, -0.25) is 0 Å². The summed E-state index contributed by atoms with van der Waals surface area (Å²) in [6.45, 7) is 8.40. The van der Waals surface area contributed by atoms with Gasteiger partial charge in [0.25, 0.3) is 0 Å². The van der Waals surface area contributed by atoms with Crippen LogP contribution in [0, 0.1) is 0 Å². The second kappa shape index (κ2) is 10.4. The van der Waals surface area contributed by atoms with E-state index in [0.717, 1.165) is 36.3 Å². The maximum absolute atomic E-state index is 5.96. The molecule has 2 aromatic rings. The van der Waals surface area contributed by atoms with Gasteiger partial charge in [-0.1, -0.05) is 61.9 Å². The summed E-state index contributed by atoms with van der Waals surface area (Å²) in [5, 5.41) is 0. The number of anilines is 1. The third kappa shape index (κ3) is 6.14. The Hall–Kier alpha value is -2.81. The van der Waals surface area contributed by atoms with Crippen molar-refractivity contribution in [3.63, 3.8) is 0 Å². The Morgan fingerprint density at radius 2 is 1.96 bits per heavy atom. The van der Waals surface area contributed by atoms with E-state index in [1.165, 1.54) is 11.1 Å². The smallest absolute Gasteiger partial charge is 0.123 e. The monoisotopic (exact) mass is 362 g/mol. The van der Waals surface area contributed by atoms with Crippen molar-refractivity contribution in [2.75, 3.05) is 12.8 Å². The Balaban J connectivity index is 2.42. The van der Waals surface area contributed by atoms with Gasteiger partial charge in [-0.15, -0.1) is 0 Å². The average molecular weight is 363 g/mol. The minimum absolute atomic E-state index is 0.108. The minimum Gasteiger partial charge on any atom is -0.497 e. The Morgan fingerprint density at radius 1 is 1.22 bits per heavy atom. The Labute approximate surface area is 163 Å². The van der Waals surface area contributed by atoms with E-state index >= 15 is 0 Å². The van der Waals surface area contributed by atoms with Crippen molar-refractivity contribution in [3.05, 3.63) is 89.7 Å². The predicted molar refractivity (Wildman–Crippen MR) is 115 cm³/mol. The number of pyridine rings is 1. The van der Waals surface area contributed by atoms with Gasteiger partial charge in [0, 0.05) is 5.92 Å². The van der Waals surface area contributed by atoms with Crippen LogP contribution in [-0.2, 0) is 0 Å². The molecule has 0 aliphatic carbocycles. The van der Waals surface area contributed by atoms with Gasteiger partial charge in [-0.25, -0.2) is 4.98 Å². The van der Waals surface area contributed by atoms with Crippen molar-refractivity contribution in [3.8, 4) is 5.75 Å². The first-order chi connectivity index (χ1) is 13.1. The number of nitrogens with two attached hydrogens (primary N) is 1. The van der Waals surface area contributed by atoms with Crippen LogP contribution in [0.5, 0.6) is 5.75 Å². The van der Waals surface area contributed by atoms with Gasteiger partial charge in [0.2, 0.25) is 0 Å². The molecule has 1 aromatic carbocycles. The summed E-state index contributed by atoms with van der Waals surface area (Å²) in [5.41, 5.74) is 10.5. The lowest BCUT2D eigenvalue weighted by atomic mass is 9.87. The lowest BCUT2D eigenvalue weighted by Crippen LogP contribution is -2.06. The number of hydrogen-bond donors (Lipinski definition) is 1. The lowest BCUT2D eigenvalue weighted by Gasteiger charge is -2.19. The molecule has 142 valence electrons. The second-order valence-corrected chi connectivity index (χ2v) is 6.64. The van der Waals surface area contributed by atoms with Gasteiger partial charge in [0.1, 0.15) is 11.6 Å². The molecule has 2 rings (SSSR count). The van der Waals surface area contributed by atoms with Crippen LogP contribution >= 0.6 is 0 Å². The topological polar surface area (TPSA) is 48.1 Å². The number of allylic oxidation sites excluding steroid dienone is 5. The molecule has 1 heterocycles. The molecule has 0 radical (unpaired) electrons. The van der Waals surface area contributed by atoms with E-state index in [0.29, 0.717) is 5.82 Å². The first-order valence-electron chi connectivity index (χ1n) is 9.44. The van der Waals surface area contributed by atoms with Crippen LogP contribution < -0.4 is 10.5 Å². The molecule has 0 fully saturated rings. The molecule has 0 amide bonds. The quantitative estimate of drug-likeness (QED) is 0.552. The third-order valence-electron chi connectivity index (χ3n) is 4.45. The van der Waals surface area contributed by atoms with E-state index in [2.05, 4.69) is 48.8 Å². The third-order valence-corrected chi connectivity index (χ3v) is 4.45. The summed E-state index contributed by atoms with van der Waals surface area (Å²) < 4.78 is 5.30. The van der Waals surface area contributed by atoms with Crippen molar-refractivity contribution < 1.29 is 4.74 Å². The molecule has 3 nitrogen and oxygen atoms in total.